The van der Waals surface area contributed by atoms with E-state index >= 15 is 0 Å². The van der Waals surface area contributed by atoms with Gasteiger partial charge in [0.2, 0.25) is 0 Å². The van der Waals surface area contributed by atoms with Crippen LogP contribution in [0.5, 0.6) is 0 Å². The number of nitrogens with one attached hydrogen (secondary N) is 2. The van der Waals surface area contributed by atoms with E-state index in [4.69, 9.17) is 0 Å². The first-order chi connectivity index (χ1) is 9.72. The van der Waals surface area contributed by atoms with Gasteiger partial charge in [-0.15, -0.1) is 0 Å². The van der Waals surface area contributed by atoms with Crippen molar-refractivity contribution < 1.29 is 0 Å². The first-order valence-corrected chi connectivity index (χ1v) is 6.63. The molecule has 2 heterocycles. The van der Waals surface area contributed by atoms with Crippen molar-refractivity contribution in [3.05, 3.63) is 47.5 Å². The fourth-order valence-electron chi connectivity index (χ4n) is 2.49. The zero-order valence-corrected chi connectivity index (χ0v) is 11.4. The van der Waals surface area contributed by atoms with E-state index in [9.17, 15) is 0 Å². The maximum Gasteiger partial charge on any atom is 0.174 e. The average Bonchev–Trinajstić information content (AvgIpc) is 3.06. The third-order valence-corrected chi connectivity index (χ3v) is 3.79. The minimum atomic E-state index is 0.777. The fraction of sp³-hybridized carbons (Fsp3) is 0.125. The van der Waals surface area contributed by atoms with Gasteiger partial charge in [-0.25, -0.2) is 9.97 Å². The van der Waals surface area contributed by atoms with Crippen LogP contribution >= 0.6 is 0 Å². The highest BCUT2D eigenvalue weighted by Crippen LogP contribution is 2.24. The minimum absolute atomic E-state index is 0.777. The number of H-pyrrole nitrogens is 2. The second kappa shape index (κ2) is 3.93. The van der Waals surface area contributed by atoms with Crippen molar-refractivity contribution in [2.75, 3.05) is 0 Å². The molecule has 0 aliphatic rings. The summed E-state index contributed by atoms with van der Waals surface area (Å²) >= 11 is 0. The molecule has 20 heavy (non-hydrogen) atoms. The number of nitrogens with zero attached hydrogens (tertiary/aromatic N) is 2. The van der Waals surface area contributed by atoms with Crippen LogP contribution in [0.3, 0.4) is 0 Å². The van der Waals surface area contributed by atoms with E-state index in [1.165, 1.54) is 11.1 Å². The number of fused-ring (bicyclic) bond motifs is 2. The topological polar surface area (TPSA) is 57.4 Å². The van der Waals surface area contributed by atoms with E-state index in [1.54, 1.807) is 0 Å². The lowest BCUT2D eigenvalue weighted by molar-refractivity contribution is 1.22. The smallest absolute Gasteiger partial charge is 0.174 e. The summed E-state index contributed by atoms with van der Waals surface area (Å²) in [7, 11) is 0. The number of aryl methyl sites for hydroxylation is 2. The van der Waals surface area contributed by atoms with Crippen LogP contribution in [0.25, 0.3) is 33.7 Å². The second-order valence-corrected chi connectivity index (χ2v) is 5.09. The number of para-hydroxylation sites is 2. The highest BCUT2D eigenvalue weighted by atomic mass is 15.0. The number of aromatic nitrogens is 4. The van der Waals surface area contributed by atoms with Crippen molar-refractivity contribution in [3.63, 3.8) is 0 Å². The van der Waals surface area contributed by atoms with E-state index in [-0.39, 0.29) is 0 Å². The Balaban J connectivity index is 1.95. The van der Waals surface area contributed by atoms with Crippen molar-refractivity contribution in [2.24, 2.45) is 0 Å². The average molecular weight is 262 g/mol. The third-order valence-electron chi connectivity index (χ3n) is 3.79. The van der Waals surface area contributed by atoms with Gasteiger partial charge in [0.25, 0.3) is 0 Å². The largest absolute Gasteiger partial charge is 0.335 e. The fourth-order valence-corrected chi connectivity index (χ4v) is 2.49. The quantitative estimate of drug-likeness (QED) is 0.549. The number of benzene rings is 2. The predicted octanol–water partition coefficient (Wildman–Crippen LogP) is 3.72. The summed E-state index contributed by atoms with van der Waals surface area (Å²) in [4.78, 5) is 15.9. The van der Waals surface area contributed by atoms with Gasteiger partial charge in [0.1, 0.15) is 0 Å². The molecule has 0 saturated heterocycles. The molecule has 2 aromatic carbocycles. The molecule has 2 aromatic heterocycles. The maximum absolute atomic E-state index is 4.69. The number of imidazole rings is 2. The van der Waals surface area contributed by atoms with Crippen LogP contribution in [-0.2, 0) is 0 Å². The zero-order valence-electron chi connectivity index (χ0n) is 11.4. The van der Waals surface area contributed by atoms with E-state index in [0.29, 0.717) is 0 Å². The molecule has 0 amide bonds. The number of hydrogen-bond donors (Lipinski definition) is 2. The van der Waals surface area contributed by atoms with Crippen molar-refractivity contribution in [1.82, 2.24) is 19.9 Å². The molecule has 0 fully saturated rings. The van der Waals surface area contributed by atoms with Crippen LogP contribution in [0.1, 0.15) is 11.1 Å². The van der Waals surface area contributed by atoms with Crippen LogP contribution in [-0.4, -0.2) is 19.9 Å². The Morgan fingerprint density at radius 1 is 0.800 bits per heavy atom. The van der Waals surface area contributed by atoms with E-state index < -0.39 is 0 Å². The van der Waals surface area contributed by atoms with Gasteiger partial charge < -0.3 is 9.97 Å². The lowest BCUT2D eigenvalue weighted by atomic mass is 10.1. The summed E-state index contributed by atoms with van der Waals surface area (Å²) in [5, 5.41) is 0. The Morgan fingerprint density at radius 3 is 2.40 bits per heavy atom. The van der Waals surface area contributed by atoms with Crippen molar-refractivity contribution >= 4 is 22.1 Å². The lowest BCUT2D eigenvalue weighted by Gasteiger charge is -1.98. The molecular weight excluding hydrogens is 248 g/mol. The standard InChI is InChI=1S/C16H14N4/c1-9-7-8-13-14(10(9)2)20-16(19-13)15-17-11-5-3-4-6-12(11)18-15/h3-8H,1-2H3,(H,17,18)(H,19,20). The van der Waals surface area contributed by atoms with Gasteiger partial charge in [0, 0.05) is 0 Å². The molecule has 4 heteroatoms. The summed E-state index contributed by atoms with van der Waals surface area (Å²) < 4.78 is 0. The summed E-state index contributed by atoms with van der Waals surface area (Å²) in [5.41, 5.74) is 6.50. The molecule has 0 spiro atoms. The molecule has 0 radical (unpaired) electrons. The number of aromatic amines is 2. The van der Waals surface area contributed by atoms with Gasteiger partial charge in [0.05, 0.1) is 22.1 Å². The Kier molecular flexibility index (Phi) is 2.21. The van der Waals surface area contributed by atoms with E-state index in [1.807, 2.05) is 24.3 Å². The van der Waals surface area contributed by atoms with Gasteiger partial charge in [-0.3, -0.25) is 0 Å². The molecule has 0 aliphatic heterocycles. The van der Waals surface area contributed by atoms with Crippen molar-refractivity contribution in [2.45, 2.75) is 13.8 Å². The molecule has 4 rings (SSSR count). The summed E-state index contributed by atoms with van der Waals surface area (Å²) in [6.07, 6.45) is 0. The third kappa shape index (κ3) is 1.54. The Labute approximate surface area is 115 Å². The highest BCUT2D eigenvalue weighted by Gasteiger charge is 2.11. The highest BCUT2D eigenvalue weighted by molar-refractivity contribution is 5.84. The van der Waals surface area contributed by atoms with Crippen LogP contribution < -0.4 is 0 Å². The Bertz CT molecular complexity index is 897. The SMILES string of the molecule is Cc1ccc2[nH]c(-c3nc4ccccc4[nH]3)nc2c1C. The number of rotatable bonds is 1. The minimum Gasteiger partial charge on any atom is -0.335 e. The molecule has 0 unspecified atom stereocenters. The molecule has 2 N–H and O–H groups in total. The van der Waals surface area contributed by atoms with Gasteiger partial charge in [0.15, 0.2) is 11.6 Å². The molecule has 0 bridgehead atoms. The van der Waals surface area contributed by atoms with E-state index in [2.05, 4.69) is 45.9 Å². The monoisotopic (exact) mass is 262 g/mol. The Morgan fingerprint density at radius 2 is 1.55 bits per heavy atom. The van der Waals surface area contributed by atoms with Crippen LogP contribution in [0.2, 0.25) is 0 Å². The lowest BCUT2D eigenvalue weighted by Crippen LogP contribution is -1.83. The van der Waals surface area contributed by atoms with Crippen LogP contribution in [0.15, 0.2) is 36.4 Å². The van der Waals surface area contributed by atoms with Crippen molar-refractivity contribution in [1.29, 1.82) is 0 Å². The van der Waals surface area contributed by atoms with Gasteiger partial charge >= 0.3 is 0 Å². The molecule has 0 aliphatic carbocycles. The van der Waals surface area contributed by atoms with Crippen LogP contribution in [0, 0.1) is 13.8 Å². The first-order valence-electron chi connectivity index (χ1n) is 6.63. The second-order valence-electron chi connectivity index (χ2n) is 5.09. The maximum atomic E-state index is 4.69. The van der Waals surface area contributed by atoms with Gasteiger partial charge in [-0.2, -0.15) is 0 Å². The van der Waals surface area contributed by atoms with Crippen LogP contribution in [0.4, 0.5) is 0 Å². The molecular formula is C16H14N4. The summed E-state index contributed by atoms with van der Waals surface area (Å²) in [6, 6.07) is 12.2. The molecule has 0 atom stereocenters. The van der Waals surface area contributed by atoms with E-state index in [0.717, 1.165) is 33.7 Å². The van der Waals surface area contributed by atoms with Gasteiger partial charge in [-0.1, -0.05) is 18.2 Å². The van der Waals surface area contributed by atoms with Gasteiger partial charge in [-0.05, 0) is 43.2 Å². The normalized spacial score (nSPS) is 11.5. The van der Waals surface area contributed by atoms with Crippen molar-refractivity contribution in [3.8, 4) is 11.6 Å². The summed E-state index contributed by atoms with van der Waals surface area (Å²) in [5.74, 6) is 1.56. The molecule has 98 valence electrons. The molecule has 0 saturated carbocycles. The first kappa shape index (κ1) is 11.2. The Hall–Kier alpha value is -2.62. The molecule has 4 aromatic rings. The predicted molar refractivity (Wildman–Crippen MR) is 80.7 cm³/mol. The zero-order chi connectivity index (χ0) is 13.7. The summed E-state index contributed by atoms with van der Waals surface area (Å²) in [6.45, 7) is 4.20. The molecule has 4 nitrogen and oxygen atoms in total. The number of hydrogen-bond acceptors (Lipinski definition) is 2.